The standard InChI is InChI=1S/C19H42N4O.HI/c1-5-10-18(11-16-24)17-22-19(20-8-4)21-12-9-15-23(13-6-2)14-7-3;/h18,24H,5-17H2,1-4H3,(H2,20,21,22);1H. The molecule has 0 saturated heterocycles. The lowest BCUT2D eigenvalue weighted by molar-refractivity contribution is 0.253. The van der Waals surface area contributed by atoms with Crippen molar-refractivity contribution in [3.8, 4) is 0 Å². The van der Waals surface area contributed by atoms with Gasteiger partial charge in [-0.2, -0.15) is 0 Å². The maximum absolute atomic E-state index is 9.16. The van der Waals surface area contributed by atoms with E-state index >= 15 is 0 Å². The van der Waals surface area contributed by atoms with Gasteiger partial charge in [-0.25, -0.2) is 0 Å². The molecule has 0 rings (SSSR count). The topological polar surface area (TPSA) is 59.9 Å². The van der Waals surface area contributed by atoms with Gasteiger partial charge in [0.05, 0.1) is 0 Å². The molecule has 0 bridgehead atoms. The van der Waals surface area contributed by atoms with Crippen LogP contribution in [0.1, 0.15) is 66.2 Å². The predicted molar refractivity (Wildman–Crippen MR) is 121 cm³/mol. The van der Waals surface area contributed by atoms with E-state index in [0.29, 0.717) is 5.92 Å². The van der Waals surface area contributed by atoms with E-state index in [9.17, 15) is 0 Å². The van der Waals surface area contributed by atoms with Crippen LogP contribution >= 0.6 is 24.0 Å². The molecule has 0 heterocycles. The fourth-order valence-electron chi connectivity index (χ4n) is 2.96. The fraction of sp³-hybridized carbons (Fsp3) is 0.947. The summed E-state index contributed by atoms with van der Waals surface area (Å²) < 4.78 is 0. The van der Waals surface area contributed by atoms with Crippen molar-refractivity contribution in [3.63, 3.8) is 0 Å². The monoisotopic (exact) mass is 470 g/mol. The maximum atomic E-state index is 9.16. The van der Waals surface area contributed by atoms with Gasteiger partial charge in [-0.15, -0.1) is 24.0 Å². The van der Waals surface area contributed by atoms with Gasteiger partial charge in [-0.05, 0) is 64.6 Å². The van der Waals surface area contributed by atoms with E-state index in [1.54, 1.807) is 0 Å². The minimum atomic E-state index is 0. The lowest BCUT2D eigenvalue weighted by Crippen LogP contribution is -2.39. The van der Waals surface area contributed by atoms with Gasteiger partial charge < -0.3 is 20.6 Å². The first kappa shape index (κ1) is 27.1. The molecule has 152 valence electrons. The Kier molecular flexibility index (Phi) is 22.0. The van der Waals surface area contributed by atoms with Crippen molar-refractivity contribution in [2.75, 3.05) is 45.9 Å². The summed E-state index contributed by atoms with van der Waals surface area (Å²) in [5.74, 6) is 1.40. The number of nitrogens with one attached hydrogen (secondary N) is 2. The van der Waals surface area contributed by atoms with E-state index in [1.807, 2.05) is 0 Å². The number of hydrogen-bond donors (Lipinski definition) is 3. The highest BCUT2D eigenvalue weighted by molar-refractivity contribution is 14.0. The smallest absolute Gasteiger partial charge is 0.191 e. The Morgan fingerprint density at radius 2 is 1.64 bits per heavy atom. The number of hydrogen-bond acceptors (Lipinski definition) is 3. The molecule has 0 saturated carbocycles. The number of guanidine groups is 1. The summed E-state index contributed by atoms with van der Waals surface area (Å²) >= 11 is 0. The summed E-state index contributed by atoms with van der Waals surface area (Å²) in [6, 6.07) is 0. The minimum Gasteiger partial charge on any atom is -0.396 e. The minimum absolute atomic E-state index is 0. The summed E-state index contributed by atoms with van der Waals surface area (Å²) in [4.78, 5) is 7.26. The zero-order chi connectivity index (χ0) is 18.0. The third-order valence-electron chi connectivity index (χ3n) is 4.11. The van der Waals surface area contributed by atoms with E-state index in [4.69, 9.17) is 10.1 Å². The first-order valence-electron chi connectivity index (χ1n) is 10.1. The van der Waals surface area contributed by atoms with Gasteiger partial charge in [0.2, 0.25) is 0 Å². The summed E-state index contributed by atoms with van der Waals surface area (Å²) in [7, 11) is 0. The highest BCUT2D eigenvalue weighted by Crippen LogP contribution is 2.10. The Morgan fingerprint density at radius 3 is 2.16 bits per heavy atom. The van der Waals surface area contributed by atoms with Crippen molar-refractivity contribution >= 4 is 29.9 Å². The first-order chi connectivity index (χ1) is 11.7. The number of halogens is 1. The zero-order valence-electron chi connectivity index (χ0n) is 17.0. The lowest BCUT2D eigenvalue weighted by Gasteiger charge is -2.21. The van der Waals surface area contributed by atoms with E-state index in [2.05, 4.69) is 43.2 Å². The Bertz CT molecular complexity index is 291. The van der Waals surface area contributed by atoms with E-state index in [0.717, 1.165) is 57.8 Å². The fourth-order valence-corrected chi connectivity index (χ4v) is 2.96. The van der Waals surface area contributed by atoms with Crippen LogP contribution in [-0.4, -0.2) is 61.8 Å². The van der Waals surface area contributed by atoms with Gasteiger partial charge in [0, 0.05) is 26.2 Å². The maximum Gasteiger partial charge on any atom is 0.191 e. The van der Waals surface area contributed by atoms with Crippen molar-refractivity contribution in [1.29, 1.82) is 0 Å². The van der Waals surface area contributed by atoms with Crippen LogP contribution in [0.25, 0.3) is 0 Å². The van der Waals surface area contributed by atoms with E-state index in [1.165, 1.54) is 25.9 Å². The summed E-state index contributed by atoms with van der Waals surface area (Å²) in [6.07, 6.45) is 6.71. The highest BCUT2D eigenvalue weighted by Gasteiger charge is 2.07. The average molecular weight is 470 g/mol. The highest BCUT2D eigenvalue weighted by atomic mass is 127. The Balaban J connectivity index is 0. The Labute approximate surface area is 173 Å². The van der Waals surface area contributed by atoms with Crippen LogP contribution < -0.4 is 10.6 Å². The molecule has 5 nitrogen and oxygen atoms in total. The lowest BCUT2D eigenvalue weighted by atomic mass is 10.0. The van der Waals surface area contributed by atoms with Crippen LogP contribution in [0.4, 0.5) is 0 Å². The number of nitrogens with zero attached hydrogens (tertiary/aromatic N) is 2. The molecule has 1 unspecified atom stereocenters. The normalized spacial score (nSPS) is 12.8. The molecular formula is C19H43IN4O. The Hall–Kier alpha value is -0.0800. The van der Waals surface area contributed by atoms with E-state index in [-0.39, 0.29) is 30.6 Å². The molecule has 1 atom stereocenters. The second-order valence-electron chi connectivity index (χ2n) is 6.51. The molecule has 0 fully saturated rings. The average Bonchev–Trinajstić information content (AvgIpc) is 2.56. The molecule has 0 aromatic carbocycles. The molecule has 0 aromatic heterocycles. The van der Waals surface area contributed by atoms with Gasteiger partial charge in [-0.1, -0.05) is 27.2 Å². The molecule has 3 N–H and O–H groups in total. The third-order valence-corrected chi connectivity index (χ3v) is 4.11. The number of rotatable bonds is 15. The molecule has 6 heteroatoms. The SMILES string of the molecule is CCCC(CCO)CN=C(NCC)NCCCN(CCC)CCC.I. The second-order valence-corrected chi connectivity index (χ2v) is 6.51. The summed E-state index contributed by atoms with van der Waals surface area (Å²) in [5.41, 5.74) is 0. The molecule has 25 heavy (non-hydrogen) atoms. The molecular weight excluding hydrogens is 427 g/mol. The number of aliphatic imine (C=N–C) groups is 1. The molecule has 0 aliphatic rings. The summed E-state index contributed by atoms with van der Waals surface area (Å²) in [6.45, 7) is 15.2. The largest absolute Gasteiger partial charge is 0.396 e. The van der Waals surface area contributed by atoms with Crippen LogP contribution in [0.2, 0.25) is 0 Å². The van der Waals surface area contributed by atoms with Crippen LogP contribution in [0, 0.1) is 5.92 Å². The molecule has 0 radical (unpaired) electrons. The van der Waals surface area contributed by atoms with Crippen LogP contribution in [-0.2, 0) is 0 Å². The van der Waals surface area contributed by atoms with Crippen molar-refractivity contribution < 1.29 is 5.11 Å². The molecule has 0 aromatic rings. The van der Waals surface area contributed by atoms with Crippen LogP contribution in [0.15, 0.2) is 4.99 Å². The second kappa shape index (κ2) is 20.2. The zero-order valence-corrected chi connectivity index (χ0v) is 19.3. The number of aliphatic hydroxyl groups excluding tert-OH is 1. The molecule has 0 amide bonds. The van der Waals surface area contributed by atoms with Crippen molar-refractivity contribution in [2.24, 2.45) is 10.9 Å². The quantitative estimate of drug-likeness (QED) is 0.149. The molecule has 0 aliphatic heterocycles. The van der Waals surface area contributed by atoms with Crippen molar-refractivity contribution in [2.45, 2.75) is 66.2 Å². The van der Waals surface area contributed by atoms with E-state index < -0.39 is 0 Å². The van der Waals surface area contributed by atoms with Gasteiger partial charge in [0.1, 0.15) is 0 Å². The van der Waals surface area contributed by atoms with Crippen LogP contribution in [0.3, 0.4) is 0 Å². The van der Waals surface area contributed by atoms with Gasteiger partial charge in [0.15, 0.2) is 5.96 Å². The van der Waals surface area contributed by atoms with Crippen molar-refractivity contribution in [1.82, 2.24) is 15.5 Å². The first-order valence-corrected chi connectivity index (χ1v) is 10.1. The molecule has 0 aliphatic carbocycles. The van der Waals surface area contributed by atoms with Gasteiger partial charge >= 0.3 is 0 Å². The summed E-state index contributed by atoms with van der Waals surface area (Å²) in [5, 5.41) is 15.9. The van der Waals surface area contributed by atoms with Crippen molar-refractivity contribution in [3.05, 3.63) is 0 Å². The number of aliphatic hydroxyl groups is 1. The van der Waals surface area contributed by atoms with Gasteiger partial charge in [0.25, 0.3) is 0 Å². The van der Waals surface area contributed by atoms with Crippen LogP contribution in [0.5, 0.6) is 0 Å². The van der Waals surface area contributed by atoms with Gasteiger partial charge in [-0.3, -0.25) is 4.99 Å². The third kappa shape index (κ3) is 15.9. The Morgan fingerprint density at radius 1 is 0.960 bits per heavy atom. The predicted octanol–water partition coefficient (Wildman–Crippen LogP) is 3.47. The molecule has 0 spiro atoms.